The summed E-state index contributed by atoms with van der Waals surface area (Å²) in [5, 5.41) is 15.4. The van der Waals surface area contributed by atoms with Crippen LogP contribution in [0.1, 0.15) is 12.0 Å². The van der Waals surface area contributed by atoms with Gasteiger partial charge in [-0.2, -0.15) is 0 Å². The number of aliphatic carboxylic acids is 1. The highest BCUT2D eigenvalue weighted by Gasteiger charge is 2.33. The number of benzene rings is 1. The van der Waals surface area contributed by atoms with E-state index in [0.717, 1.165) is 36.2 Å². The molecule has 1 N–H and O–H groups in total. The molecule has 1 unspecified atom stereocenters. The second-order valence-electron chi connectivity index (χ2n) is 6.93. The number of carboxylic acids is 1. The predicted molar refractivity (Wildman–Crippen MR) is 101 cm³/mol. The van der Waals surface area contributed by atoms with Crippen LogP contribution in [0.3, 0.4) is 0 Å². The maximum absolute atomic E-state index is 11.2. The Bertz CT molecular complexity index is 1100. The van der Waals surface area contributed by atoms with Crippen LogP contribution in [0.4, 0.5) is 5.82 Å². The maximum atomic E-state index is 11.2. The minimum Gasteiger partial charge on any atom is -0.545 e. The lowest BCUT2D eigenvalue weighted by atomic mass is 9.95. The van der Waals surface area contributed by atoms with E-state index in [9.17, 15) is 9.90 Å². The van der Waals surface area contributed by atoms with Crippen molar-refractivity contribution in [2.24, 2.45) is 5.92 Å². The molecule has 27 heavy (non-hydrogen) atoms. The number of carbonyl (C=O) groups is 1. The van der Waals surface area contributed by atoms with E-state index in [1.807, 2.05) is 0 Å². The Kier molecular flexibility index (Phi) is 3.40. The number of fused-ring (bicyclic) bond motifs is 3. The summed E-state index contributed by atoms with van der Waals surface area (Å²) in [5.41, 5.74) is 4.89. The molecule has 0 radical (unpaired) electrons. The van der Waals surface area contributed by atoms with Gasteiger partial charge in [-0.05, 0) is 41.3 Å². The summed E-state index contributed by atoms with van der Waals surface area (Å²) in [4.78, 5) is 22.3. The minimum atomic E-state index is -1.28. The van der Waals surface area contributed by atoms with Crippen LogP contribution in [0.15, 0.2) is 66.3 Å². The molecule has 0 spiro atoms. The van der Waals surface area contributed by atoms with Crippen LogP contribution < -0.4 is 15.3 Å². The molecule has 3 heterocycles. The van der Waals surface area contributed by atoms with Crippen molar-refractivity contribution >= 4 is 28.3 Å². The van der Waals surface area contributed by atoms with Crippen molar-refractivity contribution in [2.75, 3.05) is 18.0 Å². The summed E-state index contributed by atoms with van der Waals surface area (Å²) in [6.07, 6.45) is 9.28. The zero-order valence-corrected chi connectivity index (χ0v) is 14.6. The number of rotatable bonds is 3. The van der Waals surface area contributed by atoms with Crippen LogP contribution in [0, 0.1) is 5.92 Å². The number of aromatic nitrogens is 2. The smallest absolute Gasteiger partial charge is 0.144 e. The Morgan fingerprint density at radius 1 is 1.33 bits per heavy atom. The van der Waals surface area contributed by atoms with Crippen molar-refractivity contribution in [1.29, 1.82) is 0 Å². The summed E-state index contributed by atoms with van der Waals surface area (Å²) in [6, 6.07) is 5.29. The van der Waals surface area contributed by atoms with Crippen molar-refractivity contribution in [3.8, 4) is 0 Å². The lowest BCUT2D eigenvalue weighted by Gasteiger charge is -2.25. The fourth-order valence-electron chi connectivity index (χ4n) is 4.03. The summed E-state index contributed by atoms with van der Waals surface area (Å²) >= 11 is 0. The van der Waals surface area contributed by atoms with Gasteiger partial charge in [0, 0.05) is 35.8 Å². The van der Waals surface area contributed by atoms with Crippen molar-refractivity contribution in [1.82, 2.24) is 15.3 Å². The van der Waals surface area contributed by atoms with E-state index in [1.54, 1.807) is 24.5 Å². The molecule has 3 aliphatic rings. The highest BCUT2D eigenvalue weighted by atomic mass is 16.4. The molecule has 1 saturated heterocycles. The van der Waals surface area contributed by atoms with Gasteiger partial charge in [0.1, 0.15) is 12.1 Å². The molecule has 0 amide bonds. The summed E-state index contributed by atoms with van der Waals surface area (Å²) in [6.45, 7) is 5.33. The molecule has 0 saturated carbocycles. The zero-order valence-electron chi connectivity index (χ0n) is 14.6. The van der Waals surface area contributed by atoms with E-state index in [-0.39, 0.29) is 5.57 Å². The third-order valence-electron chi connectivity index (χ3n) is 5.42. The molecular formula is C21H17N4O2-. The fourth-order valence-corrected chi connectivity index (χ4v) is 4.03. The average molecular weight is 357 g/mol. The van der Waals surface area contributed by atoms with Crippen molar-refractivity contribution in [2.45, 2.75) is 6.42 Å². The van der Waals surface area contributed by atoms with Crippen molar-refractivity contribution in [3.63, 3.8) is 0 Å². The molecule has 6 nitrogen and oxygen atoms in total. The van der Waals surface area contributed by atoms with Gasteiger partial charge in [-0.3, -0.25) is 0 Å². The minimum absolute atomic E-state index is 0.0438. The first kappa shape index (κ1) is 15.8. The van der Waals surface area contributed by atoms with Gasteiger partial charge in [-0.1, -0.05) is 24.8 Å². The van der Waals surface area contributed by atoms with Crippen LogP contribution in [0.5, 0.6) is 0 Å². The molecule has 1 aliphatic carbocycles. The Labute approximate surface area is 156 Å². The number of nitrogens with zero attached hydrogens (tertiary/aromatic N) is 3. The largest absolute Gasteiger partial charge is 0.545 e. The van der Waals surface area contributed by atoms with Gasteiger partial charge in [0.2, 0.25) is 0 Å². The van der Waals surface area contributed by atoms with Crippen LogP contribution in [-0.2, 0) is 4.79 Å². The normalized spacial score (nSPS) is 20.4. The quantitative estimate of drug-likeness (QED) is 0.839. The van der Waals surface area contributed by atoms with Crippen LogP contribution in [0.2, 0.25) is 0 Å². The standard InChI is InChI=1S/C21H18N4O2/c1-12(21(26)27)13-2-3-17-16(8-13)20(24-11-23-17)25-7-5-15-9-18-14(4-6-22-18)10-19(15)25/h2-4,8-11,15,22H,1,5-7H2,(H,26,27)/p-1. The molecule has 6 heteroatoms. The number of hydrogen-bond donors (Lipinski definition) is 1. The SMILES string of the molecule is C=C(C(=O)[O-])c1ccc2ncnc(N3CCC4C=C5NCC=C5C=C43)c2c1. The van der Waals surface area contributed by atoms with E-state index >= 15 is 0 Å². The van der Waals surface area contributed by atoms with Gasteiger partial charge in [0.05, 0.1) is 11.5 Å². The molecule has 2 aliphatic heterocycles. The lowest BCUT2D eigenvalue weighted by Crippen LogP contribution is -2.23. The molecule has 5 rings (SSSR count). The van der Waals surface area contributed by atoms with Crippen molar-refractivity contribution < 1.29 is 9.90 Å². The van der Waals surface area contributed by atoms with Gasteiger partial charge in [0.15, 0.2) is 0 Å². The van der Waals surface area contributed by atoms with E-state index in [0.29, 0.717) is 11.5 Å². The number of anilines is 1. The zero-order chi connectivity index (χ0) is 18.5. The second-order valence-corrected chi connectivity index (χ2v) is 6.93. The maximum Gasteiger partial charge on any atom is 0.144 e. The number of hydrogen-bond acceptors (Lipinski definition) is 6. The second kappa shape index (κ2) is 5.81. The monoisotopic (exact) mass is 357 g/mol. The number of carboxylic acid groups (broad SMARTS) is 1. The van der Waals surface area contributed by atoms with Crippen LogP contribution in [0.25, 0.3) is 16.5 Å². The van der Waals surface area contributed by atoms with Gasteiger partial charge in [0.25, 0.3) is 0 Å². The van der Waals surface area contributed by atoms with Gasteiger partial charge < -0.3 is 20.1 Å². The highest BCUT2D eigenvalue weighted by molar-refractivity contribution is 6.14. The summed E-state index contributed by atoms with van der Waals surface area (Å²) in [7, 11) is 0. The Balaban J connectivity index is 1.62. The van der Waals surface area contributed by atoms with Gasteiger partial charge >= 0.3 is 0 Å². The van der Waals surface area contributed by atoms with E-state index < -0.39 is 5.97 Å². The number of allylic oxidation sites excluding steroid dienone is 2. The van der Waals surface area contributed by atoms with E-state index in [4.69, 9.17) is 0 Å². The average Bonchev–Trinajstić information content (AvgIpc) is 3.30. The molecule has 0 bridgehead atoms. The molecule has 1 aromatic carbocycles. The Morgan fingerprint density at radius 2 is 2.22 bits per heavy atom. The predicted octanol–water partition coefficient (Wildman–Crippen LogP) is 1.53. The molecule has 1 atom stereocenters. The molecule has 134 valence electrons. The third kappa shape index (κ3) is 2.44. The third-order valence-corrected chi connectivity index (χ3v) is 5.42. The summed E-state index contributed by atoms with van der Waals surface area (Å²) < 4.78 is 0. The highest BCUT2D eigenvalue weighted by Crippen LogP contribution is 2.40. The number of carbonyl (C=O) groups excluding carboxylic acids is 1. The number of nitrogens with one attached hydrogen (secondary N) is 1. The van der Waals surface area contributed by atoms with Crippen LogP contribution in [-0.4, -0.2) is 29.0 Å². The topological polar surface area (TPSA) is 81.2 Å². The molecular weight excluding hydrogens is 340 g/mol. The fraction of sp³-hybridized carbons (Fsp3) is 0.190. The van der Waals surface area contributed by atoms with Gasteiger partial charge in [-0.25, -0.2) is 9.97 Å². The first-order valence-corrected chi connectivity index (χ1v) is 8.92. The summed E-state index contributed by atoms with van der Waals surface area (Å²) in [5.74, 6) is -0.124. The van der Waals surface area contributed by atoms with E-state index in [1.165, 1.54) is 17.0 Å². The van der Waals surface area contributed by atoms with Crippen LogP contribution >= 0.6 is 0 Å². The lowest BCUT2D eigenvalue weighted by molar-refractivity contribution is -0.295. The molecule has 2 aromatic rings. The first-order valence-electron chi connectivity index (χ1n) is 8.92. The van der Waals surface area contributed by atoms with Crippen molar-refractivity contribution in [3.05, 3.63) is 71.9 Å². The van der Waals surface area contributed by atoms with Gasteiger partial charge in [-0.15, -0.1) is 0 Å². The van der Waals surface area contributed by atoms with E-state index in [2.05, 4.69) is 45.0 Å². The Morgan fingerprint density at radius 3 is 3.07 bits per heavy atom. The molecule has 1 fully saturated rings. The molecule has 1 aromatic heterocycles. The first-order chi connectivity index (χ1) is 13.1. The Hall–Kier alpha value is -3.41.